The largest absolute Gasteiger partial charge is 0.464 e. The topological polar surface area (TPSA) is 47.6 Å². The summed E-state index contributed by atoms with van der Waals surface area (Å²) in [5, 5.41) is 3.04. The number of rotatable bonds is 8. The van der Waals surface area contributed by atoms with Crippen molar-refractivity contribution in [2.24, 2.45) is 0 Å². The Bertz CT molecular complexity index is 415. The zero-order valence-corrected chi connectivity index (χ0v) is 12.3. The first kappa shape index (κ1) is 16.1. The number of hydrogen-bond acceptors (Lipinski definition) is 4. The minimum atomic E-state index is -0.375. The highest BCUT2D eigenvalue weighted by Gasteiger charge is 2.03. The van der Waals surface area contributed by atoms with Gasteiger partial charge in [0, 0.05) is 23.1 Å². The third kappa shape index (κ3) is 6.66. The third-order valence-corrected chi connectivity index (χ3v) is 2.76. The van der Waals surface area contributed by atoms with Crippen LogP contribution in [0.3, 0.4) is 0 Å². The van der Waals surface area contributed by atoms with E-state index in [1.807, 2.05) is 0 Å². The summed E-state index contributed by atoms with van der Waals surface area (Å²) in [7, 11) is 0. The Balaban J connectivity index is 2.14. The third-order valence-electron chi connectivity index (χ3n) is 2.27. The summed E-state index contributed by atoms with van der Waals surface area (Å²) in [4.78, 5) is 11.0. The number of carbonyl (C=O) groups is 1. The van der Waals surface area contributed by atoms with Gasteiger partial charge in [0.1, 0.15) is 12.4 Å². The molecule has 0 radical (unpaired) electrons. The predicted octanol–water partition coefficient (Wildman–Crippen LogP) is 2.26. The van der Waals surface area contributed by atoms with Gasteiger partial charge in [-0.25, -0.2) is 9.18 Å². The van der Waals surface area contributed by atoms with Gasteiger partial charge in [-0.15, -0.1) is 0 Å². The summed E-state index contributed by atoms with van der Waals surface area (Å²) in [6.45, 7) is 3.35. The van der Waals surface area contributed by atoms with Gasteiger partial charge in [0.2, 0.25) is 0 Å². The van der Waals surface area contributed by atoms with Crippen LogP contribution in [0.15, 0.2) is 22.7 Å². The number of nitrogens with one attached hydrogen (secondary N) is 1. The van der Waals surface area contributed by atoms with E-state index >= 15 is 0 Å². The maximum absolute atomic E-state index is 13.4. The average Bonchev–Trinajstić information content (AvgIpc) is 2.38. The fraction of sp³-hybridized carbons (Fsp3) is 0.462. The van der Waals surface area contributed by atoms with Crippen molar-refractivity contribution in [3.8, 4) is 0 Å². The first-order valence-electron chi connectivity index (χ1n) is 6.01. The smallest absolute Gasteiger partial charge is 0.332 e. The minimum absolute atomic E-state index is 0.0548. The summed E-state index contributed by atoms with van der Waals surface area (Å²) >= 11 is 3.29. The van der Waals surface area contributed by atoms with Gasteiger partial charge >= 0.3 is 5.97 Å². The van der Waals surface area contributed by atoms with E-state index in [0.29, 0.717) is 31.9 Å². The molecule has 1 rings (SSSR count). The van der Waals surface area contributed by atoms with Crippen LogP contribution in [0.4, 0.5) is 4.39 Å². The Morgan fingerprint density at radius 1 is 1.47 bits per heavy atom. The number of benzene rings is 1. The van der Waals surface area contributed by atoms with Gasteiger partial charge < -0.3 is 14.8 Å². The second-order valence-corrected chi connectivity index (χ2v) is 4.69. The molecule has 0 aliphatic rings. The molecule has 0 aromatic heterocycles. The Labute approximate surface area is 120 Å². The molecule has 0 aliphatic heterocycles. The molecule has 1 aromatic rings. The van der Waals surface area contributed by atoms with Gasteiger partial charge in [0.15, 0.2) is 0 Å². The number of halogens is 2. The summed E-state index contributed by atoms with van der Waals surface area (Å²) in [6.07, 6.45) is 0. The molecular weight excluding hydrogens is 317 g/mol. The number of esters is 1. The van der Waals surface area contributed by atoms with Crippen LogP contribution in [0.25, 0.3) is 0 Å². The Hall–Kier alpha value is -0.980. The van der Waals surface area contributed by atoms with Crippen LogP contribution in [-0.4, -0.2) is 32.3 Å². The van der Waals surface area contributed by atoms with Crippen molar-refractivity contribution in [3.63, 3.8) is 0 Å². The van der Waals surface area contributed by atoms with E-state index in [9.17, 15) is 9.18 Å². The molecule has 106 valence electrons. The van der Waals surface area contributed by atoms with Crippen LogP contribution in [0, 0.1) is 5.82 Å². The molecule has 0 spiro atoms. The highest BCUT2D eigenvalue weighted by atomic mass is 79.9. The van der Waals surface area contributed by atoms with Crippen molar-refractivity contribution >= 4 is 21.9 Å². The Morgan fingerprint density at radius 3 is 3.00 bits per heavy atom. The van der Waals surface area contributed by atoms with E-state index in [2.05, 4.69) is 21.2 Å². The molecule has 6 heteroatoms. The first-order chi connectivity index (χ1) is 9.13. The SMILES string of the molecule is CCOC(=O)COCCNCc1cc(Br)ccc1F. The van der Waals surface area contributed by atoms with Crippen LogP contribution < -0.4 is 5.32 Å². The van der Waals surface area contributed by atoms with Crippen molar-refractivity contribution in [2.75, 3.05) is 26.4 Å². The molecule has 1 aromatic carbocycles. The first-order valence-corrected chi connectivity index (χ1v) is 6.80. The Kier molecular flexibility index (Phi) is 7.62. The highest BCUT2D eigenvalue weighted by Crippen LogP contribution is 2.15. The van der Waals surface area contributed by atoms with Crippen molar-refractivity contribution in [2.45, 2.75) is 13.5 Å². The second-order valence-electron chi connectivity index (χ2n) is 3.77. The molecule has 0 amide bonds. The van der Waals surface area contributed by atoms with E-state index in [0.717, 1.165) is 4.47 Å². The fourth-order valence-electron chi connectivity index (χ4n) is 1.40. The summed E-state index contributed by atoms with van der Waals surface area (Å²) < 4.78 is 24.0. The molecule has 0 aliphatic carbocycles. The van der Waals surface area contributed by atoms with Crippen LogP contribution in [-0.2, 0) is 20.8 Å². The van der Waals surface area contributed by atoms with E-state index in [-0.39, 0.29) is 18.4 Å². The zero-order valence-electron chi connectivity index (χ0n) is 10.7. The van der Waals surface area contributed by atoms with Crippen LogP contribution in [0.2, 0.25) is 0 Å². The standard InChI is InChI=1S/C13H17BrFNO3/c1-2-19-13(17)9-18-6-5-16-8-10-7-11(14)3-4-12(10)15/h3-4,7,16H,2,5-6,8-9H2,1H3. The predicted molar refractivity (Wildman–Crippen MR) is 73.3 cm³/mol. The second kappa shape index (κ2) is 9.01. The fourth-order valence-corrected chi connectivity index (χ4v) is 1.81. The quantitative estimate of drug-likeness (QED) is 0.585. The van der Waals surface area contributed by atoms with Crippen molar-refractivity contribution in [1.29, 1.82) is 0 Å². The van der Waals surface area contributed by atoms with E-state index in [1.54, 1.807) is 19.1 Å². The van der Waals surface area contributed by atoms with E-state index < -0.39 is 0 Å². The maximum atomic E-state index is 13.4. The molecule has 4 nitrogen and oxygen atoms in total. The molecular formula is C13H17BrFNO3. The molecule has 19 heavy (non-hydrogen) atoms. The van der Waals surface area contributed by atoms with Gasteiger partial charge in [-0.05, 0) is 25.1 Å². The van der Waals surface area contributed by atoms with Gasteiger partial charge in [0.05, 0.1) is 13.2 Å². The summed E-state index contributed by atoms with van der Waals surface area (Å²) in [6, 6.07) is 4.79. The molecule has 0 unspecified atom stereocenters. The van der Waals surface area contributed by atoms with Crippen LogP contribution in [0.1, 0.15) is 12.5 Å². The van der Waals surface area contributed by atoms with Gasteiger partial charge in [-0.1, -0.05) is 15.9 Å². The minimum Gasteiger partial charge on any atom is -0.464 e. The molecule has 0 atom stereocenters. The lowest BCUT2D eigenvalue weighted by molar-refractivity contribution is -0.148. The Morgan fingerprint density at radius 2 is 2.26 bits per heavy atom. The maximum Gasteiger partial charge on any atom is 0.332 e. The molecule has 0 saturated heterocycles. The monoisotopic (exact) mass is 333 g/mol. The van der Waals surface area contributed by atoms with Crippen molar-refractivity contribution in [1.82, 2.24) is 5.32 Å². The van der Waals surface area contributed by atoms with E-state index in [4.69, 9.17) is 9.47 Å². The number of hydrogen-bond donors (Lipinski definition) is 1. The molecule has 0 bridgehead atoms. The van der Waals surface area contributed by atoms with Crippen LogP contribution >= 0.6 is 15.9 Å². The number of ether oxygens (including phenoxy) is 2. The highest BCUT2D eigenvalue weighted by molar-refractivity contribution is 9.10. The molecule has 0 saturated carbocycles. The number of carbonyl (C=O) groups excluding carboxylic acids is 1. The average molecular weight is 334 g/mol. The molecule has 0 heterocycles. The summed E-state index contributed by atoms with van der Waals surface area (Å²) in [5.41, 5.74) is 0.583. The lowest BCUT2D eigenvalue weighted by Gasteiger charge is -2.07. The van der Waals surface area contributed by atoms with Crippen LogP contribution in [0.5, 0.6) is 0 Å². The lowest BCUT2D eigenvalue weighted by Crippen LogP contribution is -2.22. The van der Waals surface area contributed by atoms with Gasteiger partial charge in [-0.3, -0.25) is 0 Å². The van der Waals surface area contributed by atoms with Crippen molar-refractivity contribution < 1.29 is 18.7 Å². The summed E-state index contributed by atoms with van der Waals surface area (Å²) in [5.74, 6) is -0.622. The molecule has 1 N–H and O–H groups in total. The zero-order chi connectivity index (χ0) is 14.1. The van der Waals surface area contributed by atoms with Gasteiger partial charge in [0.25, 0.3) is 0 Å². The van der Waals surface area contributed by atoms with Gasteiger partial charge in [-0.2, -0.15) is 0 Å². The van der Waals surface area contributed by atoms with Crippen molar-refractivity contribution in [3.05, 3.63) is 34.1 Å². The normalized spacial score (nSPS) is 10.5. The van der Waals surface area contributed by atoms with E-state index in [1.165, 1.54) is 6.07 Å². The molecule has 0 fully saturated rings. The lowest BCUT2D eigenvalue weighted by atomic mass is 10.2.